The largest absolute Gasteiger partial charge is 0.481 e. The normalized spacial score (nSPS) is 29.6. The number of carbonyl (C=O) groups excluding carboxylic acids is 1. The maximum absolute atomic E-state index is 12.4. The van der Waals surface area contributed by atoms with Gasteiger partial charge in [0, 0.05) is 25.4 Å². The molecule has 2 heterocycles. The molecule has 5 heteroatoms. The first-order valence-electron chi connectivity index (χ1n) is 8.23. The van der Waals surface area contributed by atoms with Crippen LogP contribution < -0.4 is 0 Å². The quantitative estimate of drug-likeness (QED) is 0.818. The summed E-state index contributed by atoms with van der Waals surface area (Å²) < 4.78 is 5.76. The fourth-order valence-corrected chi connectivity index (χ4v) is 3.44. The van der Waals surface area contributed by atoms with Gasteiger partial charge < -0.3 is 14.7 Å². The molecule has 1 N–H and O–H groups in total. The first-order valence-corrected chi connectivity index (χ1v) is 8.23. The Bertz CT molecular complexity index is 371. The minimum absolute atomic E-state index is 0.116. The van der Waals surface area contributed by atoms with Crippen LogP contribution in [0.4, 0.5) is 0 Å². The molecule has 2 aliphatic heterocycles. The number of amides is 1. The molecule has 2 rings (SSSR count). The van der Waals surface area contributed by atoms with Crippen molar-refractivity contribution in [3.05, 3.63) is 0 Å². The highest BCUT2D eigenvalue weighted by Crippen LogP contribution is 2.25. The molecule has 5 nitrogen and oxygen atoms in total. The van der Waals surface area contributed by atoms with Gasteiger partial charge in [0.25, 0.3) is 0 Å². The summed E-state index contributed by atoms with van der Waals surface area (Å²) in [6.07, 6.45) is 7.82. The highest BCUT2D eigenvalue weighted by Gasteiger charge is 2.28. The number of rotatable bonds is 6. The first-order chi connectivity index (χ1) is 10.1. The van der Waals surface area contributed by atoms with Crippen molar-refractivity contribution < 1.29 is 19.4 Å². The van der Waals surface area contributed by atoms with Crippen LogP contribution >= 0.6 is 0 Å². The van der Waals surface area contributed by atoms with Crippen molar-refractivity contribution in [2.24, 2.45) is 0 Å². The van der Waals surface area contributed by atoms with Gasteiger partial charge in [-0.3, -0.25) is 9.59 Å². The topological polar surface area (TPSA) is 66.8 Å². The molecule has 2 saturated heterocycles. The number of hydrogen-bond acceptors (Lipinski definition) is 3. The van der Waals surface area contributed by atoms with Gasteiger partial charge in [-0.1, -0.05) is 0 Å². The van der Waals surface area contributed by atoms with E-state index in [1.807, 2.05) is 4.90 Å². The van der Waals surface area contributed by atoms with Crippen LogP contribution in [0.1, 0.15) is 64.7 Å². The molecule has 21 heavy (non-hydrogen) atoms. The van der Waals surface area contributed by atoms with E-state index < -0.39 is 5.97 Å². The van der Waals surface area contributed by atoms with Gasteiger partial charge in [-0.05, 0) is 51.9 Å². The Morgan fingerprint density at radius 2 is 1.95 bits per heavy atom. The summed E-state index contributed by atoms with van der Waals surface area (Å²) in [5.74, 6) is -0.602. The first kappa shape index (κ1) is 16.3. The maximum Gasteiger partial charge on any atom is 0.303 e. The Kier molecular flexibility index (Phi) is 6.03. The highest BCUT2D eigenvalue weighted by molar-refractivity contribution is 5.76. The van der Waals surface area contributed by atoms with Gasteiger partial charge in [-0.25, -0.2) is 0 Å². The lowest BCUT2D eigenvalue weighted by Gasteiger charge is -2.36. The molecule has 2 fully saturated rings. The van der Waals surface area contributed by atoms with E-state index in [2.05, 4.69) is 6.92 Å². The van der Waals surface area contributed by atoms with Crippen LogP contribution in [-0.4, -0.2) is 46.7 Å². The lowest BCUT2D eigenvalue weighted by Crippen LogP contribution is -2.44. The Morgan fingerprint density at radius 3 is 2.62 bits per heavy atom. The molecule has 0 bridgehead atoms. The molecule has 0 saturated carbocycles. The highest BCUT2D eigenvalue weighted by atomic mass is 16.5. The third-order valence-corrected chi connectivity index (χ3v) is 4.64. The lowest BCUT2D eigenvalue weighted by atomic mass is 9.97. The van der Waals surface area contributed by atoms with Gasteiger partial charge in [-0.15, -0.1) is 0 Å². The zero-order valence-corrected chi connectivity index (χ0v) is 12.9. The molecule has 0 aliphatic carbocycles. The molecule has 0 aromatic carbocycles. The van der Waals surface area contributed by atoms with Crippen molar-refractivity contribution in [3.8, 4) is 0 Å². The van der Waals surface area contributed by atoms with Gasteiger partial charge in [-0.2, -0.15) is 0 Å². The summed E-state index contributed by atoms with van der Waals surface area (Å²) in [6.45, 7) is 2.86. The maximum atomic E-state index is 12.4. The standard InChI is InChI=1S/C16H27NO4/c1-12-5-7-14(21-12)8-9-15(18)17-11-3-2-4-13(17)6-10-16(19)20/h12-14H,2-11H2,1H3,(H,19,20). The monoisotopic (exact) mass is 297 g/mol. The van der Waals surface area contributed by atoms with Crippen LogP contribution in [0.2, 0.25) is 0 Å². The number of ether oxygens (including phenoxy) is 1. The molecule has 0 aromatic rings. The van der Waals surface area contributed by atoms with Crippen LogP contribution in [-0.2, 0) is 14.3 Å². The SMILES string of the molecule is CC1CCC(CCC(=O)N2CCCCC2CCC(=O)O)O1. The molecule has 0 spiro atoms. The second kappa shape index (κ2) is 7.78. The lowest BCUT2D eigenvalue weighted by molar-refractivity contribution is -0.140. The second-order valence-electron chi connectivity index (χ2n) is 6.35. The minimum Gasteiger partial charge on any atom is -0.481 e. The number of carbonyl (C=O) groups is 2. The van der Waals surface area contributed by atoms with E-state index in [0.29, 0.717) is 18.9 Å². The Morgan fingerprint density at radius 1 is 1.14 bits per heavy atom. The van der Waals surface area contributed by atoms with E-state index in [-0.39, 0.29) is 24.5 Å². The van der Waals surface area contributed by atoms with Crippen LogP contribution in [0, 0.1) is 0 Å². The van der Waals surface area contributed by atoms with E-state index in [0.717, 1.165) is 45.1 Å². The summed E-state index contributed by atoms with van der Waals surface area (Å²) >= 11 is 0. The zero-order valence-electron chi connectivity index (χ0n) is 12.9. The molecule has 0 aromatic heterocycles. The Hall–Kier alpha value is -1.10. The zero-order chi connectivity index (χ0) is 15.2. The van der Waals surface area contributed by atoms with E-state index in [4.69, 9.17) is 9.84 Å². The number of piperidine rings is 1. The third kappa shape index (κ3) is 4.99. The van der Waals surface area contributed by atoms with Gasteiger partial charge in [0.05, 0.1) is 12.2 Å². The van der Waals surface area contributed by atoms with Gasteiger partial charge in [0.2, 0.25) is 5.91 Å². The van der Waals surface area contributed by atoms with E-state index in [9.17, 15) is 9.59 Å². The molecule has 0 radical (unpaired) electrons. The summed E-state index contributed by atoms with van der Waals surface area (Å²) in [5, 5.41) is 8.82. The number of hydrogen-bond donors (Lipinski definition) is 1. The van der Waals surface area contributed by atoms with Gasteiger partial charge >= 0.3 is 5.97 Å². The molecule has 120 valence electrons. The predicted molar refractivity (Wildman–Crippen MR) is 79.0 cm³/mol. The number of aliphatic carboxylic acids is 1. The van der Waals surface area contributed by atoms with Crippen molar-refractivity contribution in [2.45, 2.75) is 83.0 Å². The van der Waals surface area contributed by atoms with Crippen molar-refractivity contribution in [3.63, 3.8) is 0 Å². The van der Waals surface area contributed by atoms with Crippen molar-refractivity contribution in [2.75, 3.05) is 6.54 Å². The summed E-state index contributed by atoms with van der Waals surface area (Å²) in [7, 11) is 0. The summed E-state index contributed by atoms with van der Waals surface area (Å²) in [4.78, 5) is 25.1. The van der Waals surface area contributed by atoms with Crippen molar-refractivity contribution in [1.29, 1.82) is 0 Å². The summed E-state index contributed by atoms with van der Waals surface area (Å²) in [5.41, 5.74) is 0. The van der Waals surface area contributed by atoms with Gasteiger partial charge in [0.15, 0.2) is 0 Å². The number of carboxylic acids is 1. The van der Waals surface area contributed by atoms with E-state index in [1.54, 1.807) is 0 Å². The Labute approximate surface area is 126 Å². The minimum atomic E-state index is -0.777. The fourth-order valence-electron chi connectivity index (χ4n) is 3.44. The Balaban J connectivity index is 1.79. The second-order valence-corrected chi connectivity index (χ2v) is 6.35. The van der Waals surface area contributed by atoms with Crippen molar-refractivity contribution in [1.82, 2.24) is 4.90 Å². The number of carboxylic acid groups (broad SMARTS) is 1. The van der Waals surface area contributed by atoms with E-state index in [1.165, 1.54) is 0 Å². The molecular formula is C16H27NO4. The smallest absolute Gasteiger partial charge is 0.303 e. The van der Waals surface area contributed by atoms with E-state index >= 15 is 0 Å². The molecule has 2 aliphatic rings. The fraction of sp³-hybridized carbons (Fsp3) is 0.875. The van der Waals surface area contributed by atoms with Gasteiger partial charge in [0.1, 0.15) is 0 Å². The molecule has 3 atom stereocenters. The molecule has 1 amide bonds. The number of likely N-dealkylation sites (tertiary alicyclic amines) is 1. The van der Waals surface area contributed by atoms with Crippen LogP contribution in [0.25, 0.3) is 0 Å². The van der Waals surface area contributed by atoms with Crippen molar-refractivity contribution >= 4 is 11.9 Å². The predicted octanol–water partition coefficient (Wildman–Crippen LogP) is 2.58. The molecule has 3 unspecified atom stereocenters. The van der Waals surface area contributed by atoms with Crippen LogP contribution in [0.3, 0.4) is 0 Å². The number of nitrogens with zero attached hydrogens (tertiary/aromatic N) is 1. The van der Waals surface area contributed by atoms with Crippen LogP contribution in [0.15, 0.2) is 0 Å². The average Bonchev–Trinajstić information content (AvgIpc) is 2.88. The summed E-state index contributed by atoms with van der Waals surface area (Å²) in [6, 6.07) is 0.116. The van der Waals surface area contributed by atoms with Crippen LogP contribution in [0.5, 0.6) is 0 Å². The third-order valence-electron chi connectivity index (χ3n) is 4.64. The molecular weight excluding hydrogens is 270 g/mol. The average molecular weight is 297 g/mol.